The first-order valence-electron chi connectivity index (χ1n) is 10.4. The van der Waals surface area contributed by atoms with Crippen LogP contribution in [-0.4, -0.2) is 37.7 Å². The zero-order chi connectivity index (χ0) is 22.5. The molecular weight excluding hydrogens is 431 g/mol. The first-order valence-corrected chi connectivity index (χ1v) is 12.3. The van der Waals surface area contributed by atoms with Gasteiger partial charge in [-0.1, -0.05) is 0 Å². The van der Waals surface area contributed by atoms with Gasteiger partial charge in [-0.3, -0.25) is 4.31 Å². The van der Waals surface area contributed by atoms with Crippen molar-refractivity contribution < 1.29 is 17.2 Å². The fourth-order valence-corrected chi connectivity index (χ4v) is 5.06. The van der Waals surface area contributed by atoms with E-state index in [1.165, 1.54) is 22.7 Å². The van der Waals surface area contributed by atoms with Crippen LogP contribution in [0, 0.1) is 5.82 Å². The molecule has 0 unspecified atom stereocenters. The Balaban J connectivity index is 1.80. The van der Waals surface area contributed by atoms with Crippen LogP contribution >= 0.6 is 0 Å². The van der Waals surface area contributed by atoms with Crippen LogP contribution in [0.4, 0.5) is 10.1 Å². The van der Waals surface area contributed by atoms with E-state index in [0.717, 1.165) is 29.4 Å². The molecule has 166 valence electrons. The SMILES string of the molecule is CS(=O)(=O)N(CCN)c1cc2oc(-c3ccc(F)cc3)c(-c3ncc[nH]3)c2cc1C1CC1. The summed E-state index contributed by atoms with van der Waals surface area (Å²) < 4.78 is 46.2. The average Bonchev–Trinajstić information content (AvgIpc) is 3.32. The Morgan fingerprint density at radius 3 is 2.59 bits per heavy atom. The number of H-pyrrole nitrogens is 1. The van der Waals surface area contributed by atoms with Gasteiger partial charge in [0.05, 0.1) is 17.5 Å². The molecule has 2 aromatic heterocycles. The van der Waals surface area contributed by atoms with Gasteiger partial charge in [0.15, 0.2) is 0 Å². The molecule has 0 bridgehead atoms. The maximum atomic E-state index is 13.5. The molecule has 0 atom stereocenters. The van der Waals surface area contributed by atoms with Crippen molar-refractivity contribution >= 4 is 26.7 Å². The summed E-state index contributed by atoms with van der Waals surface area (Å²) in [5.41, 5.74) is 9.26. The van der Waals surface area contributed by atoms with Crippen molar-refractivity contribution in [1.82, 2.24) is 9.97 Å². The van der Waals surface area contributed by atoms with Gasteiger partial charge in [-0.25, -0.2) is 17.8 Å². The maximum Gasteiger partial charge on any atom is 0.232 e. The second kappa shape index (κ2) is 7.75. The number of anilines is 1. The van der Waals surface area contributed by atoms with E-state index in [4.69, 9.17) is 10.2 Å². The third-order valence-corrected chi connectivity index (χ3v) is 6.88. The number of fused-ring (bicyclic) bond motifs is 1. The van der Waals surface area contributed by atoms with E-state index in [2.05, 4.69) is 9.97 Å². The number of aromatic nitrogens is 2. The number of hydrogen-bond acceptors (Lipinski definition) is 5. The Labute approximate surface area is 185 Å². The monoisotopic (exact) mass is 454 g/mol. The van der Waals surface area contributed by atoms with Crippen LogP contribution in [0.5, 0.6) is 0 Å². The summed E-state index contributed by atoms with van der Waals surface area (Å²) in [6, 6.07) is 9.84. The van der Waals surface area contributed by atoms with Crippen LogP contribution in [0.1, 0.15) is 24.3 Å². The van der Waals surface area contributed by atoms with Gasteiger partial charge in [0.25, 0.3) is 0 Å². The van der Waals surface area contributed by atoms with Crippen molar-refractivity contribution in [2.45, 2.75) is 18.8 Å². The fraction of sp³-hybridized carbons (Fsp3) is 0.261. The van der Waals surface area contributed by atoms with E-state index in [1.54, 1.807) is 30.6 Å². The number of rotatable bonds is 7. The van der Waals surface area contributed by atoms with Gasteiger partial charge in [-0.2, -0.15) is 0 Å². The van der Waals surface area contributed by atoms with Gasteiger partial charge in [0.1, 0.15) is 23.0 Å². The van der Waals surface area contributed by atoms with Crippen LogP contribution in [-0.2, 0) is 10.0 Å². The van der Waals surface area contributed by atoms with Crippen LogP contribution in [0.15, 0.2) is 53.2 Å². The largest absolute Gasteiger partial charge is 0.455 e. The predicted octanol–water partition coefficient (Wildman–Crippen LogP) is 4.23. The molecule has 0 saturated heterocycles. The van der Waals surface area contributed by atoms with E-state index in [0.29, 0.717) is 28.4 Å². The molecular formula is C23H23FN4O3S. The van der Waals surface area contributed by atoms with E-state index < -0.39 is 10.0 Å². The summed E-state index contributed by atoms with van der Waals surface area (Å²) in [5, 5.41) is 0.825. The van der Waals surface area contributed by atoms with Crippen molar-refractivity contribution in [2.75, 3.05) is 23.7 Å². The lowest BCUT2D eigenvalue weighted by Gasteiger charge is -2.24. The van der Waals surface area contributed by atoms with Gasteiger partial charge in [-0.15, -0.1) is 0 Å². The fourth-order valence-electron chi connectivity index (χ4n) is 4.11. The molecule has 3 N–H and O–H groups in total. The van der Waals surface area contributed by atoms with E-state index in [9.17, 15) is 12.8 Å². The molecule has 32 heavy (non-hydrogen) atoms. The standard InChI is InChI=1S/C23H23FN4O3S/c1-32(29,30)28(11-8-25)19-13-20-18(12-17(19)14-2-3-14)21(23-26-9-10-27-23)22(31-20)15-4-6-16(24)7-5-15/h4-7,9-10,12-14H,2-3,8,11,25H2,1H3,(H,26,27). The normalized spacial score (nSPS) is 14.2. The minimum Gasteiger partial charge on any atom is -0.455 e. The highest BCUT2D eigenvalue weighted by Crippen LogP contribution is 2.49. The van der Waals surface area contributed by atoms with Gasteiger partial charge >= 0.3 is 0 Å². The summed E-state index contributed by atoms with van der Waals surface area (Å²) >= 11 is 0. The average molecular weight is 455 g/mol. The molecule has 9 heteroatoms. The van der Waals surface area contributed by atoms with E-state index in [-0.39, 0.29) is 24.8 Å². The number of imidazole rings is 1. The molecule has 1 saturated carbocycles. The quantitative estimate of drug-likeness (QED) is 0.435. The summed E-state index contributed by atoms with van der Waals surface area (Å²) in [6.45, 7) is 0.381. The Hall–Kier alpha value is -3.17. The number of nitrogens with two attached hydrogens (primary N) is 1. The second-order valence-corrected chi connectivity index (χ2v) is 9.96. The summed E-state index contributed by atoms with van der Waals surface area (Å²) in [4.78, 5) is 7.55. The summed E-state index contributed by atoms with van der Waals surface area (Å²) in [6.07, 6.45) is 6.57. The van der Waals surface area contributed by atoms with Crippen LogP contribution in [0.25, 0.3) is 33.7 Å². The highest BCUT2D eigenvalue weighted by Gasteiger charge is 2.32. The van der Waals surface area contributed by atoms with Crippen LogP contribution in [0.3, 0.4) is 0 Å². The molecule has 0 radical (unpaired) electrons. The molecule has 7 nitrogen and oxygen atoms in total. The lowest BCUT2D eigenvalue weighted by molar-refractivity contribution is 0.596. The van der Waals surface area contributed by atoms with E-state index >= 15 is 0 Å². The number of sulfonamides is 1. The molecule has 1 aliphatic carbocycles. The summed E-state index contributed by atoms with van der Waals surface area (Å²) in [7, 11) is -3.53. The Bertz CT molecular complexity index is 1380. The van der Waals surface area contributed by atoms with Crippen LogP contribution in [0.2, 0.25) is 0 Å². The van der Waals surface area contributed by atoms with Crippen molar-refractivity contribution in [1.29, 1.82) is 0 Å². The minimum absolute atomic E-state index is 0.181. The van der Waals surface area contributed by atoms with Crippen molar-refractivity contribution in [3.63, 3.8) is 0 Å². The molecule has 0 aliphatic heterocycles. The lowest BCUT2D eigenvalue weighted by atomic mass is 10.0. The number of halogens is 1. The van der Waals surface area contributed by atoms with Gasteiger partial charge in [-0.05, 0) is 54.7 Å². The van der Waals surface area contributed by atoms with Crippen molar-refractivity contribution in [3.05, 3.63) is 60.2 Å². The zero-order valence-corrected chi connectivity index (χ0v) is 18.3. The number of aromatic amines is 1. The predicted molar refractivity (Wildman–Crippen MR) is 122 cm³/mol. The number of hydrogen-bond donors (Lipinski definition) is 2. The first-order chi connectivity index (χ1) is 15.4. The highest BCUT2D eigenvalue weighted by atomic mass is 32.2. The Kier molecular flexibility index (Phi) is 5.02. The molecule has 1 aliphatic rings. The molecule has 1 fully saturated rings. The van der Waals surface area contributed by atoms with Crippen molar-refractivity contribution in [2.24, 2.45) is 5.73 Å². The minimum atomic E-state index is -3.53. The molecule has 2 aromatic carbocycles. The maximum absolute atomic E-state index is 13.5. The Morgan fingerprint density at radius 2 is 2.00 bits per heavy atom. The van der Waals surface area contributed by atoms with Crippen molar-refractivity contribution in [3.8, 4) is 22.7 Å². The number of benzene rings is 2. The topological polar surface area (TPSA) is 105 Å². The third-order valence-electron chi connectivity index (χ3n) is 5.70. The second-order valence-electron chi connectivity index (χ2n) is 8.06. The molecule has 0 spiro atoms. The van der Waals surface area contributed by atoms with Gasteiger partial charge in [0, 0.05) is 42.5 Å². The number of nitrogens with one attached hydrogen (secondary N) is 1. The molecule has 4 aromatic rings. The number of nitrogens with zero attached hydrogens (tertiary/aromatic N) is 2. The zero-order valence-electron chi connectivity index (χ0n) is 17.5. The van der Waals surface area contributed by atoms with E-state index in [1.807, 2.05) is 6.07 Å². The number of furan rings is 1. The molecule has 0 amide bonds. The highest BCUT2D eigenvalue weighted by molar-refractivity contribution is 7.92. The van der Waals surface area contributed by atoms with Gasteiger partial charge < -0.3 is 15.1 Å². The molecule has 2 heterocycles. The third kappa shape index (κ3) is 3.67. The smallest absolute Gasteiger partial charge is 0.232 e. The summed E-state index contributed by atoms with van der Waals surface area (Å²) in [5.74, 6) is 1.11. The molecule has 5 rings (SSSR count). The Morgan fingerprint density at radius 1 is 1.25 bits per heavy atom. The van der Waals surface area contributed by atoms with Gasteiger partial charge in [0.2, 0.25) is 10.0 Å². The van der Waals surface area contributed by atoms with Crippen LogP contribution < -0.4 is 10.0 Å². The lowest BCUT2D eigenvalue weighted by Crippen LogP contribution is -2.35. The first kappa shape index (κ1) is 20.7.